The summed E-state index contributed by atoms with van der Waals surface area (Å²) < 4.78 is 38.4. The maximum atomic E-state index is 13.2. The quantitative estimate of drug-likeness (QED) is 0.668. The van der Waals surface area contributed by atoms with Crippen molar-refractivity contribution in [2.75, 3.05) is 33.3 Å². The molecule has 0 bridgehead atoms. The van der Waals surface area contributed by atoms with E-state index in [1.165, 1.54) is 23.5 Å². The van der Waals surface area contributed by atoms with Crippen LogP contribution in [0.4, 0.5) is 0 Å². The van der Waals surface area contributed by atoms with Gasteiger partial charge >= 0.3 is 0 Å². The van der Waals surface area contributed by atoms with Gasteiger partial charge in [0.15, 0.2) is 0 Å². The zero-order valence-corrected chi connectivity index (χ0v) is 18.5. The SMILES string of the molecule is COc1ccc(S(=O)(=O)N2CCC[C@@H]2C(=O)NC[C@@H](c2ccco2)N2CCCC2)cc1. The molecule has 1 N–H and O–H groups in total. The van der Waals surface area contributed by atoms with Gasteiger partial charge in [-0.15, -0.1) is 0 Å². The fraction of sp³-hybridized carbons (Fsp3) is 0.500. The van der Waals surface area contributed by atoms with E-state index in [0.29, 0.717) is 31.7 Å². The first kappa shape index (κ1) is 21.9. The maximum Gasteiger partial charge on any atom is 0.243 e. The number of nitrogens with zero attached hydrogens (tertiary/aromatic N) is 2. The lowest BCUT2D eigenvalue weighted by Gasteiger charge is -2.28. The molecule has 0 unspecified atom stereocenters. The van der Waals surface area contributed by atoms with E-state index in [1.54, 1.807) is 18.4 Å². The number of hydrogen-bond acceptors (Lipinski definition) is 6. The predicted octanol–water partition coefficient (Wildman–Crippen LogP) is 2.39. The van der Waals surface area contributed by atoms with E-state index in [1.807, 2.05) is 12.1 Å². The summed E-state index contributed by atoms with van der Waals surface area (Å²) in [4.78, 5) is 15.5. The molecule has 0 radical (unpaired) electrons. The van der Waals surface area contributed by atoms with E-state index in [2.05, 4.69) is 10.2 Å². The average Bonchev–Trinajstić information content (AvgIpc) is 3.56. The largest absolute Gasteiger partial charge is 0.497 e. The molecule has 31 heavy (non-hydrogen) atoms. The molecule has 0 spiro atoms. The van der Waals surface area contributed by atoms with Crippen molar-refractivity contribution in [1.82, 2.24) is 14.5 Å². The van der Waals surface area contributed by atoms with Crippen LogP contribution in [0.2, 0.25) is 0 Å². The number of rotatable bonds is 8. The third-order valence-electron chi connectivity index (χ3n) is 6.10. The van der Waals surface area contributed by atoms with Crippen LogP contribution in [-0.2, 0) is 14.8 Å². The Labute approximate surface area is 183 Å². The summed E-state index contributed by atoms with van der Waals surface area (Å²) in [5.41, 5.74) is 0. The summed E-state index contributed by atoms with van der Waals surface area (Å²) in [5.74, 6) is 1.14. The van der Waals surface area contributed by atoms with Crippen molar-refractivity contribution in [3.05, 3.63) is 48.4 Å². The highest BCUT2D eigenvalue weighted by atomic mass is 32.2. The molecule has 2 aliphatic rings. The number of sulfonamides is 1. The summed E-state index contributed by atoms with van der Waals surface area (Å²) in [5, 5.41) is 2.99. The Morgan fingerprint density at radius 1 is 1.16 bits per heavy atom. The van der Waals surface area contributed by atoms with E-state index >= 15 is 0 Å². The molecule has 1 aromatic carbocycles. The minimum Gasteiger partial charge on any atom is -0.497 e. The fourth-order valence-electron chi connectivity index (χ4n) is 4.43. The lowest BCUT2D eigenvalue weighted by atomic mass is 10.1. The van der Waals surface area contributed by atoms with Gasteiger partial charge in [0, 0.05) is 13.1 Å². The number of ether oxygens (including phenoxy) is 1. The van der Waals surface area contributed by atoms with Gasteiger partial charge in [-0.1, -0.05) is 0 Å². The van der Waals surface area contributed by atoms with Crippen molar-refractivity contribution in [2.45, 2.75) is 42.7 Å². The van der Waals surface area contributed by atoms with Gasteiger partial charge < -0.3 is 14.5 Å². The van der Waals surface area contributed by atoms with Crippen molar-refractivity contribution in [1.29, 1.82) is 0 Å². The number of methoxy groups -OCH3 is 1. The summed E-state index contributed by atoms with van der Waals surface area (Å²) in [7, 11) is -2.24. The molecule has 2 atom stereocenters. The lowest BCUT2D eigenvalue weighted by Crippen LogP contribution is -2.47. The smallest absolute Gasteiger partial charge is 0.243 e. The molecule has 4 rings (SSSR count). The normalized spacial score (nSPS) is 21.3. The highest BCUT2D eigenvalue weighted by molar-refractivity contribution is 7.89. The van der Waals surface area contributed by atoms with E-state index < -0.39 is 16.1 Å². The Kier molecular flexibility index (Phi) is 6.64. The standard InChI is InChI=1S/C22H29N3O5S/c1-29-17-8-10-18(11-9-17)31(27,28)25-14-4-6-19(25)22(26)23-16-20(21-7-5-15-30-21)24-12-2-3-13-24/h5,7-11,15,19-20H,2-4,6,12-14,16H2,1H3,(H,23,26)/t19-,20+/m1/s1. The third kappa shape index (κ3) is 4.63. The highest BCUT2D eigenvalue weighted by Gasteiger charge is 2.39. The van der Waals surface area contributed by atoms with Gasteiger partial charge in [0.25, 0.3) is 0 Å². The minimum absolute atomic E-state index is 0.0468. The van der Waals surface area contributed by atoms with Crippen molar-refractivity contribution in [3.63, 3.8) is 0 Å². The third-order valence-corrected chi connectivity index (χ3v) is 8.02. The van der Waals surface area contributed by atoms with E-state index in [4.69, 9.17) is 9.15 Å². The van der Waals surface area contributed by atoms with E-state index in [9.17, 15) is 13.2 Å². The Bertz CT molecular complexity index is 969. The first-order valence-corrected chi connectivity index (χ1v) is 12.2. The van der Waals surface area contributed by atoms with Gasteiger partial charge in [-0.2, -0.15) is 4.31 Å². The monoisotopic (exact) mass is 447 g/mol. The van der Waals surface area contributed by atoms with Gasteiger partial charge in [0.05, 0.1) is 24.3 Å². The number of carbonyl (C=O) groups is 1. The topological polar surface area (TPSA) is 92.1 Å². The Morgan fingerprint density at radius 3 is 2.55 bits per heavy atom. The van der Waals surface area contributed by atoms with Crippen LogP contribution in [0.25, 0.3) is 0 Å². The Morgan fingerprint density at radius 2 is 1.90 bits per heavy atom. The molecule has 168 valence electrons. The molecule has 1 aromatic heterocycles. The van der Waals surface area contributed by atoms with Crippen LogP contribution in [-0.4, -0.2) is 62.9 Å². The minimum atomic E-state index is -3.77. The van der Waals surface area contributed by atoms with Crippen LogP contribution in [0.3, 0.4) is 0 Å². The molecule has 1 amide bonds. The van der Waals surface area contributed by atoms with Crippen LogP contribution in [0.5, 0.6) is 5.75 Å². The molecule has 2 saturated heterocycles. The van der Waals surface area contributed by atoms with Crippen LogP contribution >= 0.6 is 0 Å². The number of carbonyl (C=O) groups excluding carboxylic acids is 1. The molecule has 2 aliphatic heterocycles. The molecule has 3 heterocycles. The summed E-state index contributed by atoms with van der Waals surface area (Å²) in [6.07, 6.45) is 5.06. The second-order valence-electron chi connectivity index (χ2n) is 7.97. The van der Waals surface area contributed by atoms with Crippen LogP contribution < -0.4 is 10.1 Å². The number of nitrogens with one attached hydrogen (secondary N) is 1. The van der Waals surface area contributed by atoms with Crippen molar-refractivity contribution >= 4 is 15.9 Å². The van der Waals surface area contributed by atoms with Gasteiger partial charge in [0.1, 0.15) is 17.6 Å². The summed E-state index contributed by atoms with van der Waals surface area (Å²) in [6.45, 7) is 2.64. The maximum absolute atomic E-state index is 13.2. The molecule has 0 saturated carbocycles. The van der Waals surface area contributed by atoms with Crippen LogP contribution in [0.1, 0.15) is 37.5 Å². The van der Waals surface area contributed by atoms with Crippen molar-refractivity contribution in [2.24, 2.45) is 0 Å². The highest BCUT2D eigenvalue weighted by Crippen LogP contribution is 2.28. The number of furan rings is 1. The first-order valence-electron chi connectivity index (χ1n) is 10.7. The van der Waals surface area contributed by atoms with E-state index in [-0.39, 0.29) is 16.8 Å². The molecule has 0 aliphatic carbocycles. The van der Waals surface area contributed by atoms with E-state index in [0.717, 1.165) is 31.7 Å². The molecular formula is C22H29N3O5S. The summed E-state index contributed by atoms with van der Waals surface area (Å²) >= 11 is 0. The second-order valence-corrected chi connectivity index (χ2v) is 9.86. The van der Waals surface area contributed by atoms with Gasteiger partial charge in [-0.25, -0.2) is 8.42 Å². The molecule has 2 aromatic rings. The fourth-order valence-corrected chi connectivity index (χ4v) is 6.09. The second kappa shape index (κ2) is 9.42. The van der Waals surface area contributed by atoms with Crippen molar-refractivity contribution < 1.29 is 22.4 Å². The van der Waals surface area contributed by atoms with Crippen LogP contribution in [0.15, 0.2) is 52.0 Å². The zero-order chi connectivity index (χ0) is 21.8. The number of amides is 1. The van der Waals surface area contributed by atoms with Crippen molar-refractivity contribution in [3.8, 4) is 5.75 Å². The molecule has 2 fully saturated rings. The average molecular weight is 448 g/mol. The summed E-state index contributed by atoms with van der Waals surface area (Å²) in [6, 6.07) is 9.27. The molecule has 9 heteroatoms. The molecular weight excluding hydrogens is 418 g/mol. The van der Waals surface area contributed by atoms with Gasteiger partial charge in [0.2, 0.25) is 15.9 Å². The zero-order valence-electron chi connectivity index (χ0n) is 17.7. The predicted molar refractivity (Wildman–Crippen MR) is 115 cm³/mol. The number of likely N-dealkylation sites (tertiary alicyclic amines) is 1. The number of hydrogen-bond donors (Lipinski definition) is 1. The molecule has 8 nitrogen and oxygen atoms in total. The van der Waals surface area contributed by atoms with Gasteiger partial charge in [-0.3, -0.25) is 9.69 Å². The Hall–Kier alpha value is -2.36. The Balaban J connectivity index is 1.45. The number of benzene rings is 1. The van der Waals surface area contributed by atoms with Crippen LogP contribution in [0, 0.1) is 0 Å². The van der Waals surface area contributed by atoms with Gasteiger partial charge in [-0.05, 0) is 75.2 Å². The lowest BCUT2D eigenvalue weighted by molar-refractivity contribution is -0.124. The first-order chi connectivity index (χ1) is 15.0.